The van der Waals surface area contributed by atoms with E-state index in [4.69, 9.17) is 5.73 Å². The molecule has 0 aromatic rings. The molecular weight excluding hydrogens is 247 g/mol. The third-order valence-electron chi connectivity index (χ3n) is 1.76. The molecule has 0 bridgehead atoms. The minimum atomic E-state index is -4.57. The van der Waals surface area contributed by atoms with Crippen molar-refractivity contribution in [3.05, 3.63) is 0 Å². The third kappa shape index (κ3) is 7.85. The van der Waals surface area contributed by atoms with Gasteiger partial charge in [-0.1, -0.05) is 13.8 Å². The van der Waals surface area contributed by atoms with Gasteiger partial charge in [0.25, 0.3) is 10.2 Å². The quantitative estimate of drug-likeness (QED) is 0.628. The van der Waals surface area contributed by atoms with Gasteiger partial charge in [-0.3, -0.25) is 0 Å². The predicted molar refractivity (Wildman–Crippen MR) is 53.8 cm³/mol. The molecule has 0 saturated heterocycles. The van der Waals surface area contributed by atoms with E-state index in [9.17, 15) is 21.6 Å². The first-order chi connectivity index (χ1) is 6.97. The van der Waals surface area contributed by atoms with Crippen molar-refractivity contribution < 1.29 is 21.6 Å². The molecule has 0 atom stereocenters. The van der Waals surface area contributed by atoms with Crippen LogP contribution in [0.3, 0.4) is 0 Å². The highest BCUT2D eigenvalue weighted by atomic mass is 32.2. The zero-order chi connectivity index (χ0) is 13.0. The van der Waals surface area contributed by atoms with Gasteiger partial charge < -0.3 is 5.73 Å². The van der Waals surface area contributed by atoms with Crippen LogP contribution < -0.4 is 15.2 Å². The Balaban J connectivity index is 4.18. The second-order valence-corrected chi connectivity index (χ2v) is 5.71. The smallest absolute Gasteiger partial charge is 0.330 e. The molecule has 0 aliphatic rings. The summed E-state index contributed by atoms with van der Waals surface area (Å²) in [5.74, 6) is 0. The Kier molecular flexibility index (Phi) is 5.17. The van der Waals surface area contributed by atoms with Crippen molar-refractivity contribution in [2.75, 3.05) is 19.6 Å². The molecule has 98 valence electrons. The summed E-state index contributed by atoms with van der Waals surface area (Å²) in [5, 5.41) is 0. The van der Waals surface area contributed by atoms with Gasteiger partial charge in [-0.05, 0) is 12.0 Å². The van der Waals surface area contributed by atoms with Crippen LogP contribution in [0.25, 0.3) is 0 Å². The average molecular weight is 263 g/mol. The number of hydrogen-bond acceptors (Lipinski definition) is 3. The van der Waals surface area contributed by atoms with Crippen molar-refractivity contribution in [1.82, 2.24) is 9.44 Å². The molecule has 0 fully saturated rings. The Morgan fingerprint density at radius 3 is 1.94 bits per heavy atom. The Morgan fingerprint density at radius 1 is 1.12 bits per heavy atom. The number of hydrogen-bond donors (Lipinski definition) is 3. The van der Waals surface area contributed by atoms with Crippen LogP contribution in [0, 0.1) is 5.41 Å². The minimum Gasteiger partial charge on any atom is -0.330 e. The highest BCUT2D eigenvalue weighted by Crippen LogP contribution is 2.13. The second-order valence-electron chi connectivity index (χ2n) is 4.13. The summed E-state index contributed by atoms with van der Waals surface area (Å²) in [6.07, 6.45) is -4.57. The van der Waals surface area contributed by atoms with Gasteiger partial charge in [0.1, 0.15) is 6.54 Å². The van der Waals surface area contributed by atoms with Gasteiger partial charge in [-0.2, -0.15) is 26.3 Å². The summed E-state index contributed by atoms with van der Waals surface area (Å²) in [5.41, 5.74) is 4.84. The summed E-state index contributed by atoms with van der Waals surface area (Å²) in [6.45, 7) is 1.98. The van der Waals surface area contributed by atoms with E-state index in [0.717, 1.165) is 0 Å². The SMILES string of the molecule is CC(C)(CN)CNS(=O)(=O)NCC(F)(F)F. The molecule has 0 unspecified atom stereocenters. The van der Waals surface area contributed by atoms with E-state index in [1.807, 2.05) is 4.72 Å². The highest BCUT2D eigenvalue weighted by molar-refractivity contribution is 7.87. The molecule has 0 rings (SSSR count). The van der Waals surface area contributed by atoms with Crippen LogP contribution in [-0.2, 0) is 10.2 Å². The molecule has 0 heterocycles. The molecule has 0 aliphatic carbocycles. The number of nitrogens with two attached hydrogens (primary N) is 1. The Morgan fingerprint density at radius 2 is 1.56 bits per heavy atom. The summed E-state index contributed by atoms with van der Waals surface area (Å²) >= 11 is 0. The Bertz CT molecular complexity index is 313. The molecule has 0 aromatic carbocycles. The third-order valence-corrected chi connectivity index (χ3v) is 2.80. The number of nitrogens with one attached hydrogen (secondary N) is 2. The van der Waals surface area contributed by atoms with Gasteiger partial charge in [-0.15, -0.1) is 0 Å². The molecule has 0 spiro atoms. The van der Waals surface area contributed by atoms with Crippen LogP contribution in [0.15, 0.2) is 0 Å². The van der Waals surface area contributed by atoms with E-state index in [1.54, 1.807) is 13.8 Å². The molecule has 16 heavy (non-hydrogen) atoms. The first-order valence-corrected chi connectivity index (χ1v) is 5.97. The fraction of sp³-hybridized carbons (Fsp3) is 1.00. The first-order valence-electron chi connectivity index (χ1n) is 4.48. The van der Waals surface area contributed by atoms with Crippen LogP contribution in [0.2, 0.25) is 0 Å². The molecule has 0 radical (unpaired) electrons. The summed E-state index contributed by atoms with van der Waals surface area (Å²) in [4.78, 5) is 0. The van der Waals surface area contributed by atoms with Crippen molar-refractivity contribution in [3.63, 3.8) is 0 Å². The molecule has 0 aromatic heterocycles. The fourth-order valence-electron chi connectivity index (χ4n) is 0.590. The van der Waals surface area contributed by atoms with E-state index in [-0.39, 0.29) is 13.1 Å². The van der Waals surface area contributed by atoms with E-state index >= 15 is 0 Å². The van der Waals surface area contributed by atoms with Gasteiger partial charge in [0, 0.05) is 6.54 Å². The summed E-state index contributed by atoms with van der Waals surface area (Å²) < 4.78 is 60.8. The van der Waals surface area contributed by atoms with Crippen molar-refractivity contribution in [3.8, 4) is 0 Å². The molecule has 4 N–H and O–H groups in total. The lowest BCUT2D eigenvalue weighted by molar-refractivity contribution is -0.121. The van der Waals surface area contributed by atoms with E-state index in [0.29, 0.717) is 0 Å². The van der Waals surface area contributed by atoms with Crippen molar-refractivity contribution in [2.24, 2.45) is 11.1 Å². The number of rotatable bonds is 6. The first kappa shape index (κ1) is 15.6. The zero-order valence-electron chi connectivity index (χ0n) is 9.06. The molecule has 5 nitrogen and oxygen atoms in total. The molecular formula is C7H16F3N3O2S. The summed E-state index contributed by atoms with van der Waals surface area (Å²) in [6, 6.07) is 0. The zero-order valence-corrected chi connectivity index (χ0v) is 9.87. The van der Waals surface area contributed by atoms with Crippen LogP contribution in [0.4, 0.5) is 13.2 Å². The van der Waals surface area contributed by atoms with Gasteiger partial charge >= 0.3 is 6.18 Å². The van der Waals surface area contributed by atoms with Crippen molar-refractivity contribution in [2.45, 2.75) is 20.0 Å². The normalized spacial score (nSPS) is 14.1. The second kappa shape index (κ2) is 5.30. The lowest BCUT2D eigenvalue weighted by Crippen LogP contribution is -2.46. The topological polar surface area (TPSA) is 84.2 Å². The van der Waals surface area contributed by atoms with Crippen LogP contribution >= 0.6 is 0 Å². The molecule has 0 saturated carbocycles. The largest absolute Gasteiger partial charge is 0.402 e. The molecule has 9 heteroatoms. The lowest BCUT2D eigenvalue weighted by atomic mass is 9.95. The van der Waals surface area contributed by atoms with E-state index in [2.05, 4.69) is 0 Å². The maximum absolute atomic E-state index is 11.8. The Labute approximate surface area is 92.8 Å². The molecule has 0 aliphatic heterocycles. The van der Waals surface area contributed by atoms with Crippen molar-refractivity contribution in [1.29, 1.82) is 0 Å². The fourth-order valence-corrected chi connectivity index (χ4v) is 1.63. The van der Waals surface area contributed by atoms with Gasteiger partial charge in [0.05, 0.1) is 0 Å². The highest BCUT2D eigenvalue weighted by Gasteiger charge is 2.29. The predicted octanol–water partition coefficient (Wildman–Crippen LogP) is -0.0424. The minimum absolute atomic E-state index is 0.0311. The standard InChI is InChI=1S/C7H16F3N3O2S/c1-6(2,3-11)4-12-16(14,15)13-5-7(8,9)10/h12-13H,3-5,11H2,1-2H3. The maximum atomic E-state index is 11.8. The van der Waals surface area contributed by atoms with E-state index < -0.39 is 28.3 Å². The monoisotopic (exact) mass is 263 g/mol. The van der Waals surface area contributed by atoms with E-state index in [1.165, 1.54) is 4.72 Å². The van der Waals surface area contributed by atoms with Gasteiger partial charge in [0.15, 0.2) is 0 Å². The average Bonchev–Trinajstić information content (AvgIpc) is 2.12. The van der Waals surface area contributed by atoms with Gasteiger partial charge in [-0.25, -0.2) is 4.72 Å². The number of halogens is 3. The van der Waals surface area contributed by atoms with Crippen LogP contribution in [0.5, 0.6) is 0 Å². The van der Waals surface area contributed by atoms with Crippen LogP contribution in [-0.4, -0.2) is 34.2 Å². The maximum Gasteiger partial charge on any atom is 0.402 e. The number of alkyl halides is 3. The van der Waals surface area contributed by atoms with Gasteiger partial charge in [0.2, 0.25) is 0 Å². The van der Waals surface area contributed by atoms with Crippen LogP contribution in [0.1, 0.15) is 13.8 Å². The molecule has 0 amide bonds. The Hall–Kier alpha value is -0.380. The summed E-state index contributed by atoms with van der Waals surface area (Å²) in [7, 11) is -4.13. The lowest BCUT2D eigenvalue weighted by Gasteiger charge is -2.22. The van der Waals surface area contributed by atoms with Crippen molar-refractivity contribution >= 4 is 10.2 Å².